The summed E-state index contributed by atoms with van der Waals surface area (Å²) in [5.74, 6) is -3.68. The topological polar surface area (TPSA) is 72.8 Å². The molecule has 3 rings (SSSR count). The summed E-state index contributed by atoms with van der Waals surface area (Å²) in [5, 5.41) is 7.39. The van der Waals surface area contributed by atoms with E-state index >= 15 is 0 Å². The van der Waals surface area contributed by atoms with Crippen LogP contribution in [0.25, 0.3) is 0 Å². The fraction of sp³-hybridized carbons (Fsp3) is 0.364. The van der Waals surface area contributed by atoms with Crippen LogP contribution in [0.3, 0.4) is 0 Å². The summed E-state index contributed by atoms with van der Waals surface area (Å²) in [5.41, 5.74) is -1.62. The molecule has 0 saturated carbocycles. The van der Waals surface area contributed by atoms with Gasteiger partial charge in [-0.05, 0) is 42.8 Å². The summed E-state index contributed by atoms with van der Waals surface area (Å²) in [7, 11) is -4.55. The molecule has 5 nitrogen and oxygen atoms in total. The lowest BCUT2D eigenvalue weighted by molar-refractivity contribution is -0.137. The van der Waals surface area contributed by atoms with Crippen LogP contribution in [0.4, 0.5) is 22.0 Å². The first-order valence-electron chi connectivity index (χ1n) is 9.87. The molecule has 0 aromatic heterocycles. The molecule has 1 heterocycles. The number of alkyl halides is 3. The number of hydrogen-bond acceptors (Lipinski definition) is 5. The maximum Gasteiger partial charge on any atom is 0.416 e. The van der Waals surface area contributed by atoms with E-state index in [2.05, 4.69) is 6.58 Å². The normalized spacial score (nSPS) is 19.5. The molecule has 0 saturated heterocycles. The zero-order valence-electron chi connectivity index (χ0n) is 17.2. The van der Waals surface area contributed by atoms with E-state index in [9.17, 15) is 30.4 Å². The minimum atomic E-state index is -4.68. The van der Waals surface area contributed by atoms with Crippen molar-refractivity contribution >= 4 is 9.84 Å². The monoisotopic (exact) mass is 492 g/mol. The molecule has 0 amide bonds. The molecule has 1 aliphatic rings. The van der Waals surface area contributed by atoms with Crippen molar-refractivity contribution in [2.24, 2.45) is 5.92 Å². The minimum Gasteiger partial charge on any atom is -0.490 e. The van der Waals surface area contributed by atoms with E-state index in [4.69, 9.17) is 14.6 Å². The van der Waals surface area contributed by atoms with Crippen molar-refractivity contribution < 1.29 is 45.0 Å². The van der Waals surface area contributed by atoms with Gasteiger partial charge in [-0.3, -0.25) is 0 Å². The van der Waals surface area contributed by atoms with Crippen LogP contribution >= 0.6 is 0 Å². The van der Waals surface area contributed by atoms with Gasteiger partial charge in [-0.1, -0.05) is 6.08 Å². The summed E-state index contributed by atoms with van der Waals surface area (Å²) < 4.78 is 106. The van der Waals surface area contributed by atoms with E-state index in [1.54, 1.807) is 0 Å². The van der Waals surface area contributed by atoms with Crippen LogP contribution in [0, 0.1) is 17.6 Å². The minimum absolute atomic E-state index is 0.0966. The van der Waals surface area contributed by atoms with Gasteiger partial charge >= 0.3 is 6.18 Å². The standard InChI is InChI=1S/C22H21F5O5S/c1-2-3-18(31-11-10-28)15-12-32-20-17(24)9-8-16(23)19(20)21(15)33(29,30)14-6-4-13(5-7-14)22(25,26)27/h2,4-9,15,18,21,28H,1,3,10-12H2/t15?,18-,21-/m0/s1. The Bertz CT molecular complexity index is 1100. The van der Waals surface area contributed by atoms with Gasteiger partial charge in [-0.15, -0.1) is 6.58 Å². The van der Waals surface area contributed by atoms with Gasteiger partial charge in [0, 0.05) is 5.92 Å². The first-order chi connectivity index (χ1) is 15.5. The van der Waals surface area contributed by atoms with E-state index in [0.29, 0.717) is 12.1 Å². The van der Waals surface area contributed by atoms with Crippen LogP contribution in [0.5, 0.6) is 5.75 Å². The van der Waals surface area contributed by atoms with E-state index in [1.165, 1.54) is 6.08 Å². The van der Waals surface area contributed by atoms with Crippen LogP contribution in [0.1, 0.15) is 22.8 Å². The van der Waals surface area contributed by atoms with Gasteiger partial charge in [0.15, 0.2) is 21.4 Å². The van der Waals surface area contributed by atoms with Gasteiger partial charge in [-0.2, -0.15) is 13.2 Å². The highest BCUT2D eigenvalue weighted by Crippen LogP contribution is 2.47. The molecule has 0 radical (unpaired) electrons. The molecule has 33 heavy (non-hydrogen) atoms. The number of benzene rings is 2. The number of aliphatic hydroxyl groups is 1. The van der Waals surface area contributed by atoms with Gasteiger partial charge < -0.3 is 14.6 Å². The highest BCUT2D eigenvalue weighted by Gasteiger charge is 2.47. The molecule has 0 bridgehead atoms. The maximum atomic E-state index is 14.9. The van der Waals surface area contributed by atoms with Crippen LogP contribution < -0.4 is 4.74 Å². The van der Waals surface area contributed by atoms with Crippen LogP contribution in [0.2, 0.25) is 0 Å². The van der Waals surface area contributed by atoms with Gasteiger partial charge in [-0.25, -0.2) is 17.2 Å². The number of halogens is 5. The van der Waals surface area contributed by atoms with E-state index in [-0.39, 0.29) is 26.2 Å². The number of rotatable bonds is 8. The molecule has 180 valence electrons. The van der Waals surface area contributed by atoms with Crippen molar-refractivity contribution in [3.05, 3.63) is 71.8 Å². The number of hydrogen-bond donors (Lipinski definition) is 1. The van der Waals surface area contributed by atoms with Crippen LogP contribution in [-0.2, 0) is 20.8 Å². The summed E-state index contributed by atoms with van der Waals surface area (Å²) in [4.78, 5) is -0.499. The Morgan fingerprint density at radius 2 is 1.79 bits per heavy atom. The molecular weight excluding hydrogens is 471 g/mol. The number of ether oxygens (including phenoxy) is 2. The van der Waals surface area contributed by atoms with Crippen molar-refractivity contribution in [1.29, 1.82) is 0 Å². The molecule has 2 aromatic carbocycles. The lowest BCUT2D eigenvalue weighted by Gasteiger charge is -2.37. The van der Waals surface area contributed by atoms with Gasteiger partial charge in [0.2, 0.25) is 0 Å². The predicted molar refractivity (Wildman–Crippen MR) is 108 cm³/mol. The summed E-state index contributed by atoms with van der Waals surface area (Å²) in [6.45, 7) is 2.67. The number of sulfone groups is 1. The average molecular weight is 492 g/mol. The molecule has 0 aliphatic carbocycles. The third-order valence-electron chi connectivity index (χ3n) is 5.33. The summed E-state index contributed by atoms with van der Waals surface area (Å²) in [6, 6.07) is 4.31. The Hall–Kier alpha value is -2.50. The average Bonchev–Trinajstić information content (AvgIpc) is 2.78. The highest BCUT2D eigenvalue weighted by atomic mass is 32.2. The summed E-state index contributed by atoms with van der Waals surface area (Å²) in [6.07, 6.45) is -4.07. The second kappa shape index (κ2) is 9.78. The van der Waals surface area contributed by atoms with Crippen molar-refractivity contribution in [2.75, 3.05) is 19.8 Å². The Kier molecular flexibility index (Phi) is 7.45. The Labute approximate surface area is 187 Å². The molecule has 1 aliphatic heterocycles. The van der Waals surface area contributed by atoms with Crippen molar-refractivity contribution in [1.82, 2.24) is 0 Å². The lowest BCUT2D eigenvalue weighted by Crippen LogP contribution is -2.41. The first kappa shape index (κ1) is 25.1. The quantitative estimate of drug-likeness (QED) is 0.435. The maximum absolute atomic E-state index is 14.9. The lowest BCUT2D eigenvalue weighted by atomic mass is 9.89. The fourth-order valence-corrected chi connectivity index (χ4v) is 5.90. The number of aliphatic hydroxyl groups excluding tert-OH is 1. The summed E-state index contributed by atoms with van der Waals surface area (Å²) >= 11 is 0. The molecule has 0 spiro atoms. The number of fused-ring (bicyclic) bond motifs is 1. The predicted octanol–water partition coefficient (Wildman–Crippen LogP) is 4.46. The van der Waals surface area contributed by atoms with Crippen molar-refractivity contribution in [3.8, 4) is 5.75 Å². The fourth-order valence-electron chi connectivity index (χ4n) is 3.84. The smallest absolute Gasteiger partial charge is 0.416 e. The van der Waals surface area contributed by atoms with E-state index < -0.39 is 66.7 Å². The van der Waals surface area contributed by atoms with Gasteiger partial charge in [0.25, 0.3) is 0 Å². The van der Waals surface area contributed by atoms with E-state index in [1.807, 2.05) is 0 Å². The molecular formula is C22H21F5O5S. The second-order valence-electron chi connectivity index (χ2n) is 7.39. The van der Waals surface area contributed by atoms with Crippen molar-refractivity contribution in [3.63, 3.8) is 0 Å². The van der Waals surface area contributed by atoms with E-state index in [0.717, 1.165) is 24.3 Å². The molecule has 1 unspecified atom stereocenters. The Balaban J connectivity index is 2.17. The molecule has 11 heteroatoms. The zero-order chi connectivity index (χ0) is 24.4. The Morgan fingerprint density at radius 1 is 1.15 bits per heavy atom. The second-order valence-corrected chi connectivity index (χ2v) is 9.46. The zero-order valence-corrected chi connectivity index (χ0v) is 18.0. The molecule has 0 fully saturated rings. The SMILES string of the molecule is C=CC[C@H](OCCO)C1COc2c(F)ccc(F)c2[C@H]1S(=O)(=O)c1ccc(C(F)(F)F)cc1. The molecule has 2 aromatic rings. The highest BCUT2D eigenvalue weighted by molar-refractivity contribution is 7.91. The largest absolute Gasteiger partial charge is 0.490 e. The molecule has 3 atom stereocenters. The van der Waals surface area contributed by atoms with Crippen molar-refractivity contribution in [2.45, 2.75) is 28.8 Å². The van der Waals surface area contributed by atoms with Gasteiger partial charge in [0.05, 0.1) is 41.9 Å². The van der Waals surface area contributed by atoms with Crippen LogP contribution in [-0.4, -0.2) is 39.4 Å². The third-order valence-corrected chi connectivity index (χ3v) is 7.52. The Morgan fingerprint density at radius 3 is 2.36 bits per heavy atom. The molecule has 1 N–H and O–H groups in total. The van der Waals surface area contributed by atoms with Gasteiger partial charge in [0.1, 0.15) is 11.1 Å². The first-order valence-corrected chi connectivity index (χ1v) is 11.4. The third kappa shape index (κ3) is 5.04. The van der Waals surface area contributed by atoms with Crippen LogP contribution in [0.15, 0.2) is 53.9 Å².